The maximum atomic E-state index is 12.4. The van der Waals surface area contributed by atoms with Crippen molar-refractivity contribution in [3.05, 3.63) is 74.9 Å². The van der Waals surface area contributed by atoms with Gasteiger partial charge in [-0.2, -0.15) is 0 Å². The Morgan fingerprint density at radius 1 is 1.00 bits per heavy atom. The molecule has 1 aromatic carbocycles. The van der Waals surface area contributed by atoms with Gasteiger partial charge in [-0.25, -0.2) is 0 Å². The zero-order valence-electron chi connectivity index (χ0n) is 15.7. The minimum Gasteiger partial charge on any atom is -0.459 e. The number of hydrogen-bond donors (Lipinski definition) is 3. The number of thiophene rings is 1. The summed E-state index contributed by atoms with van der Waals surface area (Å²) < 4.78 is 5.08. The lowest BCUT2D eigenvalue weighted by molar-refractivity contribution is 0.0849. The number of fused-ring (bicyclic) bond motifs is 1. The summed E-state index contributed by atoms with van der Waals surface area (Å²) in [5.41, 5.74) is 7.68. The first-order valence-corrected chi connectivity index (χ1v) is 10.0. The number of carbonyl (C=O) groups excluding carboxylic acids is 3. The van der Waals surface area contributed by atoms with Crippen molar-refractivity contribution in [2.45, 2.75) is 26.2 Å². The molecule has 0 atom stereocenters. The number of hydrazine groups is 1. The first kappa shape index (κ1) is 18.9. The second-order valence-corrected chi connectivity index (χ2v) is 7.92. The minimum atomic E-state index is -0.476. The zero-order valence-corrected chi connectivity index (χ0v) is 16.5. The van der Waals surface area contributed by atoms with Crippen LogP contribution in [0, 0.1) is 6.92 Å². The molecule has 1 aliphatic carbocycles. The Balaban J connectivity index is 1.40. The van der Waals surface area contributed by atoms with E-state index in [4.69, 9.17) is 4.42 Å². The fourth-order valence-electron chi connectivity index (χ4n) is 3.18. The molecule has 8 heteroatoms. The molecule has 0 saturated heterocycles. The number of aryl methyl sites for hydroxylation is 3. The summed E-state index contributed by atoms with van der Waals surface area (Å²) in [7, 11) is 0. The molecule has 3 aromatic rings. The molecule has 7 nitrogen and oxygen atoms in total. The molecular weight excluding hydrogens is 390 g/mol. The summed E-state index contributed by atoms with van der Waals surface area (Å²) >= 11 is 1.47. The third kappa shape index (κ3) is 4.07. The van der Waals surface area contributed by atoms with Crippen molar-refractivity contribution in [3.63, 3.8) is 0 Å². The van der Waals surface area contributed by atoms with E-state index in [2.05, 4.69) is 16.2 Å². The van der Waals surface area contributed by atoms with E-state index in [0.29, 0.717) is 16.1 Å². The van der Waals surface area contributed by atoms with Crippen LogP contribution in [-0.4, -0.2) is 17.7 Å². The van der Waals surface area contributed by atoms with Crippen LogP contribution in [0.4, 0.5) is 5.69 Å². The van der Waals surface area contributed by atoms with Crippen molar-refractivity contribution in [2.75, 3.05) is 5.32 Å². The Hall–Kier alpha value is -3.39. The first-order valence-electron chi connectivity index (χ1n) is 9.19. The monoisotopic (exact) mass is 409 g/mol. The minimum absolute atomic E-state index is 0.175. The molecule has 0 saturated carbocycles. The van der Waals surface area contributed by atoms with Gasteiger partial charge >= 0.3 is 0 Å². The second kappa shape index (κ2) is 7.92. The summed E-state index contributed by atoms with van der Waals surface area (Å²) in [6.07, 6.45) is 4.56. The van der Waals surface area contributed by atoms with Gasteiger partial charge in [0.15, 0.2) is 5.76 Å². The van der Waals surface area contributed by atoms with E-state index < -0.39 is 11.8 Å². The summed E-state index contributed by atoms with van der Waals surface area (Å²) in [4.78, 5) is 38.8. The van der Waals surface area contributed by atoms with Crippen LogP contribution < -0.4 is 16.2 Å². The molecule has 0 fully saturated rings. The van der Waals surface area contributed by atoms with Gasteiger partial charge in [0.2, 0.25) is 0 Å². The molecule has 148 valence electrons. The standard InChI is InChI=1S/C21H19N3O4S/c1-12-7-8-14(10-15(12)22-20(26)16-5-3-9-28-16)19(25)23-24-21(27)18-11-13-4-2-6-17(13)29-18/h3,5,7-11H,2,4,6H2,1H3,(H,22,26)(H,23,25)(H,24,27). The topological polar surface area (TPSA) is 100 Å². The number of carbonyl (C=O) groups is 3. The molecular formula is C21H19N3O4S. The largest absolute Gasteiger partial charge is 0.459 e. The maximum Gasteiger partial charge on any atom is 0.291 e. The van der Waals surface area contributed by atoms with E-state index in [1.54, 1.807) is 30.3 Å². The van der Waals surface area contributed by atoms with E-state index in [-0.39, 0.29) is 11.7 Å². The van der Waals surface area contributed by atoms with Gasteiger partial charge in [-0.05, 0) is 67.6 Å². The van der Waals surface area contributed by atoms with Gasteiger partial charge in [0.25, 0.3) is 17.7 Å². The van der Waals surface area contributed by atoms with Gasteiger partial charge in [0, 0.05) is 16.1 Å². The average Bonchev–Trinajstić information content (AvgIpc) is 3.44. The summed E-state index contributed by atoms with van der Waals surface area (Å²) in [5, 5.41) is 2.72. The highest BCUT2D eigenvalue weighted by atomic mass is 32.1. The molecule has 3 N–H and O–H groups in total. The molecule has 0 radical (unpaired) electrons. The van der Waals surface area contributed by atoms with Gasteiger partial charge < -0.3 is 9.73 Å². The van der Waals surface area contributed by atoms with E-state index in [1.165, 1.54) is 28.0 Å². The second-order valence-electron chi connectivity index (χ2n) is 6.78. The van der Waals surface area contributed by atoms with Crippen molar-refractivity contribution in [3.8, 4) is 0 Å². The predicted octanol–water partition coefficient (Wildman–Crippen LogP) is 3.47. The molecule has 2 heterocycles. The van der Waals surface area contributed by atoms with E-state index in [1.807, 2.05) is 13.0 Å². The Kier molecular flexibility index (Phi) is 5.18. The molecule has 4 rings (SSSR count). The smallest absolute Gasteiger partial charge is 0.291 e. The number of benzene rings is 1. The van der Waals surface area contributed by atoms with Crippen LogP contribution in [0.5, 0.6) is 0 Å². The van der Waals surface area contributed by atoms with Crippen LogP contribution in [0.2, 0.25) is 0 Å². The van der Waals surface area contributed by atoms with Gasteiger partial charge in [-0.1, -0.05) is 6.07 Å². The highest BCUT2D eigenvalue weighted by molar-refractivity contribution is 7.14. The van der Waals surface area contributed by atoms with Crippen LogP contribution in [0.3, 0.4) is 0 Å². The van der Waals surface area contributed by atoms with Crippen LogP contribution in [0.25, 0.3) is 0 Å². The van der Waals surface area contributed by atoms with Gasteiger partial charge in [0.1, 0.15) is 0 Å². The van der Waals surface area contributed by atoms with Gasteiger partial charge in [-0.15, -0.1) is 11.3 Å². The molecule has 29 heavy (non-hydrogen) atoms. The normalized spacial score (nSPS) is 12.3. The van der Waals surface area contributed by atoms with Crippen LogP contribution in [0.1, 0.15) is 53.0 Å². The molecule has 0 aliphatic heterocycles. The van der Waals surface area contributed by atoms with Crippen LogP contribution in [-0.2, 0) is 12.8 Å². The SMILES string of the molecule is Cc1ccc(C(=O)NNC(=O)c2cc3c(s2)CCC3)cc1NC(=O)c1ccco1. The highest BCUT2D eigenvalue weighted by Crippen LogP contribution is 2.30. The van der Waals surface area contributed by atoms with E-state index in [0.717, 1.165) is 24.8 Å². The van der Waals surface area contributed by atoms with Crippen LogP contribution >= 0.6 is 11.3 Å². The third-order valence-corrected chi connectivity index (χ3v) is 5.99. The maximum absolute atomic E-state index is 12.4. The van der Waals surface area contributed by atoms with Gasteiger partial charge in [-0.3, -0.25) is 25.2 Å². The first-order chi connectivity index (χ1) is 14.0. The number of nitrogens with one attached hydrogen (secondary N) is 3. The molecule has 0 bridgehead atoms. The molecule has 0 unspecified atom stereocenters. The Morgan fingerprint density at radius 2 is 1.83 bits per heavy atom. The van der Waals surface area contributed by atoms with Crippen LogP contribution in [0.15, 0.2) is 47.1 Å². The van der Waals surface area contributed by atoms with Crippen molar-refractivity contribution in [1.82, 2.24) is 10.9 Å². The highest BCUT2D eigenvalue weighted by Gasteiger charge is 2.19. The average molecular weight is 409 g/mol. The lowest BCUT2D eigenvalue weighted by Gasteiger charge is -2.11. The number of rotatable bonds is 4. The van der Waals surface area contributed by atoms with E-state index in [9.17, 15) is 14.4 Å². The Morgan fingerprint density at radius 3 is 2.59 bits per heavy atom. The summed E-state index contributed by atoms with van der Waals surface area (Å²) in [6.45, 7) is 1.82. The predicted molar refractivity (Wildman–Crippen MR) is 109 cm³/mol. The number of furan rings is 1. The van der Waals surface area contributed by atoms with Crippen molar-refractivity contribution >= 4 is 34.7 Å². The van der Waals surface area contributed by atoms with E-state index >= 15 is 0 Å². The Bertz CT molecular complexity index is 1060. The fraction of sp³-hybridized carbons (Fsp3) is 0.190. The molecule has 3 amide bonds. The summed E-state index contributed by atoms with van der Waals surface area (Å²) in [5.74, 6) is -1.05. The lowest BCUT2D eigenvalue weighted by atomic mass is 10.1. The van der Waals surface area contributed by atoms with Crippen molar-refractivity contribution in [2.24, 2.45) is 0 Å². The molecule has 1 aliphatic rings. The summed E-state index contributed by atoms with van der Waals surface area (Å²) in [6, 6.07) is 9.96. The Labute approximate surface area is 171 Å². The molecule has 0 spiro atoms. The molecule has 2 aromatic heterocycles. The zero-order chi connectivity index (χ0) is 20.4. The third-order valence-electron chi connectivity index (χ3n) is 4.75. The fourth-order valence-corrected chi connectivity index (χ4v) is 4.33. The van der Waals surface area contributed by atoms with Gasteiger partial charge in [0.05, 0.1) is 11.1 Å². The van der Waals surface area contributed by atoms with Crippen molar-refractivity contribution in [1.29, 1.82) is 0 Å². The number of amides is 3. The quantitative estimate of drug-likeness (QED) is 0.575. The number of hydrogen-bond acceptors (Lipinski definition) is 5. The number of anilines is 1. The lowest BCUT2D eigenvalue weighted by Crippen LogP contribution is -2.41. The van der Waals surface area contributed by atoms with Crippen molar-refractivity contribution < 1.29 is 18.8 Å².